The van der Waals surface area contributed by atoms with Crippen LogP contribution in [0.4, 0.5) is 5.69 Å². The first-order valence-corrected chi connectivity index (χ1v) is 10.6. The fourth-order valence-corrected chi connectivity index (χ4v) is 5.58. The fraction of sp³-hybridized carbons (Fsp3) is 0.385. The van der Waals surface area contributed by atoms with Crippen LogP contribution in [0.3, 0.4) is 0 Å². The zero-order valence-electron chi connectivity index (χ0n) is 17.3. The molecule has 0 radical (unpaired) electrons. The fourth-order valence-electron chi connectivity index (χ4n) is 5.58. The molecule has 1 unspecified atom stereocenters. The van der Waals surface area contributed by atoms with Crippen molar-refractivity contribution in [3.05, 3.63) is 76.9 Å². The molecule has 1 saturated carbocycles. The molecule has 2 aromatic carbocycles. The minimum atomic E-state index is -0.539. The van der Waals surface area contributed by atoms with E-state index in [1.165, 1.54) is 12.0 Å². The second-order valence-corrected chi connectivity index (χ2v) is 9.46. The van der Waals surface area contributed by atoms with Gasteiger partial charge in [0, 0.05) is 17.7 Å². The average Bonchev–Trinajstić information content (AvgIpc) is 3.01. The molecule has 4 aliphatic rings. The minimum Gasteiger partial charge on any atom is -0.297 e. The Hall–Kier alpha value is -2.68. The second-order valence-electron chi connectivity index (χ2n) is 9.46. The van der Waals surface area contributed by atoms with E-state index in [0.29, 0.717) is 23.3 Å². The molecule has 0 N–H and O–H groups in total. The van der Waals surface area contributed by atoms with E-state index in [0.717, 1.165) is 29.2 Å². The molecule has 0 spiro atoms. The van der Waals surface area contributed by atoms with Crippen molar-refractivity contribution >= 4 is 17.4 Å². The van der Waals surface area contributed by atoms with Crippen molar-refractivity contribution in [2.45, 2.75) is 46.1 Å². The number of Topliss-reactive ketones (excluding diaryl/α,β-unsaturated/α-hetero) is 1. The summed E-state index contributed by atoms with van der Waals surface area (Å²) in [6.45, 7) is 6.68. The van der Waals surface area contributed by atoms with Crippen molar-refractivity contribution in [1.82, 2.24) is 0 Å². The van der Waals surface area contributed by atoms with Gasteiger partial charge in [-0.25, -0.2) is 0 Å². The third kappa shape index (κ3) is 2.71. The summed E-state index contributed by atoms with van der Waals surface area (Å²) in [6.07, 6.45) is 5.01. The number of hydrogen-bond acceptors (Lipinski definition) is 2. The summed E-state index contributed by atoms with van der Waals surface area (Å²) < 4.78 is 0. The molecule has 1 fully saturated rings. The normalized spacial score (nSPS) is 26.6. The van der Waals surface area contributed by atoms with E-state index in [4.69, 9.17) is 0 Å². The van der Waals surface area contributed by atoms with Crippen molar-refractivity contribution < 1.29 is 9.59 Å². The van der Waals surface area contributed by atoms with Crippen molar-refractivity contribution in [3.8, 4) is 0 Å². The Morgan fingerprint density at radius 1 is 1.10 bits per heavy atom. The predicted octanol–water partition coefficient (Wildman–Crippen LogP) is 5.65. The van der Waals surface area contributed by atoms with Gasteiger partial charge in [0.15, 0.2) is 5.78 Å². The number of carbonyl (C=O) groups excluding carboxylic acids is 2. The van der Waals surface area contributed by atoms with Crippen LogP contribution in [0.2, 0.25) is 0 Å². The highest BCUT2D eigenvalue weighted by Gasteiger charge is 2.52. The lowest BCUT2D eigenvalue weighted by molar-refractivity contribution is -0.120. The monoisotopic (exact) mass is 385 g/mol. The van der Waals surface area contributed by atoms with Crippen LogP contribution in [0.25, 0.3) is 0 Å². The molecule has 0 saturated heterocycles. The molecule has 3 heteroatoms. The summed E-state index contributed by atoms with van der Waals surface area (Å²) in [7, 11) is 0. The van der Waals surface area contributed by atoms with Gasteiger partial charge in [0.05, 0.1) is 0 Å². The summed E-state index contributed by atoms with van der Waals surface area (Å²) in [5.74, 6) is 1.30. The number of benzene rings is 2. The summed E-state index contributed by atoms with van der Waals surface area (Å²) in [5, 5.41) is 0. The first-order chi connectivity index (χ1) is 13.9. The van der Waals surface area contributed by atoms with Gasteiger partial charge in [-0.3, -0.25) is 14.5 Å². The summed E-state index contributed by atoms with van der Waals surface area (Å²) in [5.41, 5.74) is 4.98. The van der Waals surface area contributed by atoms with Gasteiger partial charge in [-0.1, -0.05) is 61.4 Å². The van der Waals surface area contributed by atoms with Crippen LogP contribution in [-0.4, -0.2) is 11.7 Å². The maximum absolute atomic E-state index is 13.6. The van der Waals surface area contributed by atoms with E-state index >= 15 is 0 Å². The maximum atomic E-state index is 13.6. The van der Waals surface area contributed by atoms with Crippen LogP contribution in [0.5, 0.6) is 0 Å². The Morgan fingerprint density at radius 2 is 1.83 bits per heavy atom. The van der Waals surface area contributed by atoms with Gasteiger partial charge in [0.1, 0.15) is 6.04 Å². The first-order valence-electron chi connectivity index (χ1n) is 10.6. The molecule has 1 aliphatic heterocycles. The van der Waals surface area contributed by atoms with Crippen LogP contribution in [0.15, 0.2) is 60.2 Å². The highest BCUT2D eigenvalue weighted by molar-refractivity contribution is 6.16. The second kappa shape index (κ2) is 6.41. The standard InChI is InChI=1S/C26H27NO2/c1-16-8-12-19(13-9-16)27-24(20-6-4-5-7-21(20)25(27)29)23(28)14-17-10-11-18-15-22(17)26(18,2)3/h4-10,12-13,18,22,24H,11,14-15H2,1-3H3/t18-,22-,24?/m0/s1. The number of rotatable bonds is 4. The van der Waals surface area contributed by atoms with Gasteiger partial charge in [-0.15, -0.1) is 0 Å². The number of aryl methyl sites for hydroxylation is 1. The zero-order chi connectivity index (χ0) is 20.3. The molecule has 3 nitrogen and oxygen atoms in total. The first kappa shape index (κ1) is 18.4. The molecular formula is C26H27NO2. The molecular weight excluding hydrogens is 358 g/mol. The predicted molar refractivity (Wildman–Crippen MR) is 115 cm³/mol. The van der Waals surface area contributed by atoms with Crippen molar-refractivity contribution in [3.63, 3.8) is 0 Å². The summed E-state index contributed by atoms with van der Waals surface area (Å²) in [4.78, 5) is 28.5. The number of nitrogens with zero attached hydrogens (tertiary/aromatic N) is 1. The Balaban J connectivity index is 1.50. The van der Waals surface area contributed by atoms with Crippen molar-refractivity contribution in [2.24, 2.45) is 17.3 Å². The molecule has 3 aliphatic carbocycles. The number of hydrogen-bond donors (Lipinski definition) is 0. The van der Waals surface area contributed by atoms with E-state index in [9.17, 15) is 9.59 Å². The number of amides is 1. The maximum Gasteiger partial charge on any atom is 0.259 e. The van der Waals surface area contributed by atoms with Crippen molar-refractivity contribution in [2.75, 3.05) is 4.90 Å². The SMILES string of the molecule is Cc1ccc(N2C(=O)c3ccccc3C2C(=O)CC2=CC[C@H]3C[C@@H]2C3(C)C)cc1. The molecule has 2 aromatic rings. The molecule has 3 atom stereocenters. The van der Waals surface area contributed by atoms with E-state index in [-0.39, 0.29) is 11.7 Å². The van der Waals surface area contributed by atoms with Gasteiger partial charge >= 0.3 is 0 Å². The van der Waals surface area contributed by atoms with Gasteiger partial charge in [0.25, 0.3) is 5.91 Å². The highest BCUT2D eigenvalue weighted by Crippen LogP contribution is 2.60. The Bertz CT molecular complexity index is 1030. The van der Waals surface area contributed by atoms with E-state index in [1.54, 1.807) is 4.90 Å². The number of anilines is 1. The quantitative estimate of drug-likeness (QED) is 0.638. The lowest BCUT2D eigenvalue weighted by atomic mass is 9.48. The highest BCUT2D eigenvalue weighted by atomic mass is 16.2. The Kier molecular flexibility index (Phi) is 4.06. The molecule has 0 aromatic heterocycles. The zero-order valence-corrected chi connectivity index (χ0v) is 17.3. The molecule has 148 valence electrons. The number of carbonyl (C=O) groups is 2. The molecule has 6 rings (SSSR count). The van der Waals surface area contributed by atoms with Gasteiger partial charge in [0.2, 0.25) is 0 Å². The lowest BCUT2D eigenvalue weighted by Crippen LogP contribution is -2.48. The lowest BCUT2D eigenvalue weighted by Gasteiger charge is -2.56. The van der Waals surface area contributed by atoms with Crippen LogP contribution in [-0.2, 0) is 4.79 Å². The van der Waals surface area contributed by atoms with Crippen LogP contribution in [0, 0.1) is 24.2 Å². The largest absolute Gasteiger partial charge is 0.297 e. The van der Waals surface area contributed by atoms with Crippen molar-refractivity contribution in [1.29, 1.82) is 0 Å². The third-order valence-corrected chi connectivity index (χ3v) is 7.54. The molecule has 1 heterocycles. The number of allylic oxidation sites excluding steroid dienone is 2. The third-order valence-electron chi connectivity index (χ3n) is 7.54. The van der Waals surface area contributed by atoms with E-state index < -0.39 is 6.04 Å². The van der Waals surface area contributed by atoms with Crippen LogP contribution >= 0.6 is 0 Å². The summed E-state index contributed by atoms with van der Waals surface area (Å²) >= 11 is 0. The van der Waals surface area contributed by atoms with Crippen LogP contribution in [0.1, 0.15) is 60.6 Å². The number of fused-ring (bicyclic) bond motifs is 2. The van der Waals surface area contributed by atoms with Crippen LogP contribution < -0.4 is 4.90 Å². The summed E-state index contributed by atoms with van der Waals surface area (Å²) in [6, 6.07) is 14.9. The van der Waals surface area contributed by atoms with E-state index in [2.05, 4.69) is 19.9 Å². The molecule has 1 amide bonds. The van der Waals surface area contributed by atoms with Gasteiger partial charge < -0.3 is 0 Å². The topological polar surface area (TPSA) is 37.4 Å². The van der Waals surface area contributed by atoms with Gasteiger partial charge in [-0.2, -0.15) is 0 Å². The smallest absolute Gasteiger partial charge is 0.259 e. The Morgan fingerprint density at radius 3 is 2.52 bits per heavy atom. The molecule has 29 heavy (non-hydrogen) atoms. The Labute approximate surface area is 172 Å². The van der Waals surface area contributed by atoms with E-state index in [1.807, 2.05) is 55.5 Å². The average molecular weight is 386 g/mol. The number of ketones is 1. The molecule has 2 bridgehead atoms. The minimum absolute atomic E-state index is 0.0792. The van der Waals surface area contributed by atoms with Gasteiger partial charge in [-0.05, 0) is 60.8 Å².